The number of carboxylic acids is 2. The van der Waals surface area contributed by atoms with E-state index >= 15 is 0 Å². The van der Waals surface area contributed by atoms with E-state index in [9.17, 15) is 0 Å². The van der Waals surface area contributed by atoms with Gasteiger partial charge in [-0.05, 0) is 38.4 Å². The van der Waals surface area contributed by atoms with Crippen LogP contribution in [0.4, 0.5) is 0 Å². The topological polar surface area (TPSA) is 126 Å². The van der Waals surface area contributed by atoms with E-state index in [2.05, 4.69) is 40.4 Å². The number of hydrogen-bond acceptors (Lipinski definition) is 7. The Morgan fingerprint density at radius 3 is 2.15 bits per heavy atom. The molecule has 0 bridgehead atoms. The van der Waals surface area contributed by atoms with Crippen LogP contribution in [0.25, 0.3) is 11.4 Å². The predicted octanol–water partition coefficient (Wildman–Crippen LogP) is 3.31. The molecule has 0 radical (unpaired) electrons. The fraction of sp³-hybridized carbons (Fsp3) is 0.360. The van der Waals surface area contributed by atoms with Crippen molar-refractivity contribution in [2.75, 3.05) is 32.8 Å². The van der Waals surface area contributed by atoms with E-state index in [0.717, 1.165) is 57.1 Å². The smallest absolute Gasteiger partial charge is 0.414 e. The Hall–Kier alpha value is -3.56. The molecule has 180 valence electrons. The van der Waals surface area contributed by atoms with Gasteiger partial charge in [-0.25, -0.2) is 9.59 Å². The van der Waals surface area contributed by atoms with Gasteiger partial charge in [0.1, 0.15) is 0 Å². The van der Waals surface area contributed by atoms with Crippen LogP contribution in [-0.4, -0.2) is 70.0 Å². The average Bonchev–Trinajstić information content (AvgIpc) is 3.37. The van der Waals surface area contributed by atoms with E-state index in [-0.39, 0.29) is 5.41 Å². The number of carboxylic acid groups (broad SMARTS) is 2. The Labute approximate surface area is 198 Å². The predicted molar refractivity (Wildman–Crippen MR) is 124 cm³/mol. The molecule has 1 aliphatic rings. The molecule has 34 heavy (non-hydrogen) atoms. The fourth-order valence-corrected chi connectivity index (χ4v) is 4.00. The first-order chi connectivity index (χ1) is 16.5. The highest BCUT2D eigenvalue weighted by Gasteiger charge is 2.42. The number of nitrogens with zero attached hydrogens (tertiary/aromatic N) is 3. The standard InChI is InChI=1S/C23H27N3O2.C2H2O4/c1-2-27-18-17-26-15-13-23(14-16-26,20-11-7-4-8-12-20)22-24-21(25-28-22)19-9-5-3-6-10-19;3-1(4)2(5)6/h3-12H,2,13-18H2,1H3;(H,3,4)(H,5,6). The van der Waals surface area contributed by atoms with Crippen LogP contribution >= 0.6 is 0 Å². The number of ether oxygens (including phenoxy) is 1. The maximum Gasteiger partial charge on any atom is 0.414 e. The van der Waals surface area contributed by atoms with Crippen molar-refractivity contribution in [3.05, 3.63) is 72.1 Å². The molecule has 0 atom stereocenters. The minimum atomic E-state index is -1.82. The molecule has 1 saturated heterocycles. The van der Waals surface area contributed by atoms with Crippen molar-refractivity contribution in [3.63, 3.8) is 0 Å². The molecule has 2 heterocycles. The summed E-state index contributed by atoms with van der Waals surface area (Å²) in [5, 5.41) is 19.1. The normalized spacial score (nSPS) is 15.2. The fourth-order valence-electron chi connectivity index (χ4n) is 4.00. The summed E-state index contributed by atoms with van der Waals surface area (Å²) in [6, 6.07) is 20.6. The number of carbonyl (C=O) groups is 2. The zero-order valence-electron chi connectivity index (χ0n) is 19.1. The first kappa shape index (κ1) is 25.1. The SMILES string of the molecule is CCOCCN1CCC(c2ccccc2)(c2nc(-c3ccccc3)no2)CC1.O=C(O)C(=O)O. The summed E-state index contributed by atoms with van der Waals surface area (Å²) < 4.78 is 11.4. The summed E-state index contributed by atoms with van der Waals surface area (Å²) in [5.41, 5.74) is 2.00. The van der Waals surface area contributed by atoms with E-state index < -0.39 is 11.9 Å². The molecule has 2 aromatic carbocycles. The Morgan fingerprint density at radius 2 is 1.59 bits per heavy atom. The zero-order valence-corrected chi connectivity index (χ0v) is 19.1. The molecule has 0 unspecified atom stereocenters. The van der Waals surface area contributed by atoms with E-state index in [1.54, 1.807) is 0 Å². The van der Waals surface area contributed by atoms with E-state index in [4.69, 9.17) is 34.0 Å². The summed E-state index contributed by atoms with van der Waals surface area (Å²) >= 11 is 0. The van der Waals surface area contributed by atoms with Crippen LogP contribution in [0.2, 0.25) is 0 Å². The maximum atomic E-state index is 9.10. The van der Waals surface area contributed by atoms with Gasteiger partial charge in [-0.3, -0.25) is 0 Å². The van der Waals surface area contributed by atoms with Gasteiger partial charge in [-0.15, -0.1) is 0 Å². The molecule has 1 aliphatic heterocycles. The largest absolute Gasteiger partial charge is 0.473 e. The molecule has 9 heteroatoms. The third-order valence-electron chi connectivity index (χ3n) is 5.84. The Bertz CT molecular complexity index is 1030. The number of rotatable bonds is 7. The van der Waals surface area contributed by atoms with Crippen LogP contribution in [0.1, 0.15) is 31.2 Å². The Balaban J connectivity index is 0.000000481. The second kappa shape index (κ2) is 12.1. The van der Waals surface area contributed by atoms with E-state index in [0.29, 0.717) is 5.82 Å². The van der Waals surface area contributed by atoms with Crippen molar-refractivity contribution >= 4 is 11.9 Å². The number of benzene rings is 2. The summed E-state index contributed by atoms with van der Waals surface area (Å²) in [6.45, 7) is 6.55. The van der Waals surface area contributed by atoms with Gasteiger partial charge < -0.3 is 24.4 Å². The van der Waals surface area contributed by atoms with Gasteiger partial charge in [0.25, 0.3) is 0 Å². The van der Waals surface area contributed by atoms with Crippen LogP contribution in [0.3, 0.4) is 0 Å². The molecule has 3 aromatic rings. The highest BCUT2D eigenvalue weighted by molar-refractivity contribution is 6.27. The van der Waals surface area contributed by atoms with Gasteiger partial charge in [0, 0.05) is 18.7 Å². The lowest BCUT2D eigenvalue weighted by atomic mass is 9.72. The van der Waals surface area contributed by atoms with Crippen molar-refractivity contribution in [1.82, 2.24) is 15.0 Å². The molecule has 0 saturated carbocycles. The van der Waals surface area contributed by atoms with Gasteiger partial charge in [0.2, 0.25) is 11.7 Å². The highest BCUT2D eigenvalue weighted by Crippen LogP contribution is 2.41. The lowest BCUT2D eigenvalue weighted by Crippen LogP contribution is -2.44. The number of piperidine rings is 1. The first-order valence-electron chi connectivity index (χ1n) is 11.2. The second-order valence-electron chi connectivity index (χ2n) is 7.89. The van der Waals surface area contributed by atoms with Crippen LogP contribution in [0.5, 0.6) is 0 Å². The lowest BCUT2D eigenvalue weighted by molar-refractivity contribution is -0.159. The minimum Gasteiger partial charge on any atom is -0.473 e. The molecular formula is C25H29N3O6. The average molecular weight is 468 g/mol. The molecule has 9 nitrogen and oxygen atoms in total. The molecule has 0 spiro atoms. The van der Waals surface area contributed by atoms with Crippen LogP contribution in [0.15, 0.2) is 65.2 Å². The zero-order chi connectivity index (χ0) is 24.4. The molecule has 2 N–H and O–H groups in total. The van der Waals surface area contributed by atoms with Crippen molar-refractivity contribution in [2.24, 2.45) is 0 Å². The summed E-state index contributed by atoms with van der Waals surface area (Å²) in [4.78, 5) is 25.5. The molecular weight excluding hydrogens is 438 g/mol. The maximum absolute atomic E-state index is 9.10. The molecule has 1 fully saturated rings. The first-order valence-corrected chi connectivity index (χ1v) is 11.2. The van der Waals surface area contributed by atoms with Gasteiger partial charge in [0.05, 0.1) is 12.0 Å². The Morgan fingerprint density at radius 1 is 1.00 bits per heavy atom. The number of aromatic nitrogens is 2. The quantitative estimate of drug-likeness (QED) is 0.397. The molecule has 0 aliphatic carbocycles. The molecule has 4 rings (SSSR count). The summed E-state index contributed by atoms with van der Waals surface area (Å²) in [5.74, 6) is -2.27. The second-order valence-corrected chi connectivity index (χ2v) is 7.89. The van der Waals surface area contributed by atoms with Crippen LogP contribution < -0.4 is 0 Å². The molecule has 0 amide bonds. The van der Waals surface area contributed by atoms with E-state index in [1.165, 1.54) is 5.56 Å². The summed E-state index contributed by atoms with van der Waals surface area (Å²) in [6.07, 6.45) is 1.92. The van der Waals surface area contributed by atoms with Crippen LogP contribution in [0, 0.1) is 0 Å². The van der Waals surface area contributed by atoms with Gasteiger partial charge in [-0.1, -0.05) is 65.8 Å². The van der Waals surface area contributed by atoms with Crippen molar-refractivity contribution in [2.45, 2.75) is 25.2 Å². The van der Waals surface area contributed by atoms with Gasteiger partial charge >= 0.3 is 11.9 Å². The number of hydrogen-bond donors (Lipinski definition) is 2. The highest BCUT2D eigenvalue weighted by atomic mass is 16.5. The number of aliphatic carboxylic acids is 2. The molecule has 1 aromatic heterocycles. The number of likely N-dealkylation sites (tertiary alicyclic amines) is 1. The van der Waals surface area contributed by atoms with Crippen molar-refractivity contribution in [1.29, 1.82) is 0 Å². The minimum absolute atomic E-state index is 0.233. The summed E-state index contributed by atoms with van der Waals surface area (Å²) in [7, 11) is 0. The van der Waals surface area contributed by atoms with Crippen LogP contribution in [-0.2, 0) is 19.7 Å². The lowest BCUT2D eigenvalue weighted by Gasteiger charge is -2.39. The monoisotopic (exact) mass is 467 g/mol. The van der Waals surface area contributed by atoms with Gasteiger partial charge in [-0.2, -0.15) is 4.98 Å². The van der Waals surface area contributed by atoms with Crippen molar-refractivity contribution < 1.29 is 29.1 Å². The third-order valence-corrected chi connectivity index (χ3v) is 5.84. The van der Waals surface area contributed by atoms with E-state index in [1.807, 2.05) is 37.3 Å². The Kier molecular flexibility index (Phi) is 8.89. The van der Waals surface area contributed by atoms with Gasteiger partial charge in [0.15, 0.2) is 0 Å². The third kappa shape index (κ3) is 6.27. The van der Waals surface area contributed by atoms with Crippen molar-refractivity contribution in [3.8, 4) is 11.4 Å².